The molecule has 1 aromatic heterocycles. The van der Waals surface area contributed by atoms with E-state index in [0.29, 0.717) is 6.61 Å². The van der Waals surface area contributed by atoms with Crippen LogP contribution in [0, 0.1) is 0 Å². The molecule has 2 saturated heterocycles. The van der Waals surface area contributed by atoms with Gasteiger partial charge in [0.25, 0.3) is 0 Å². The number of anilines is 2. The lowest BCUT2D eigenvalue weighted by Crippen LogP contribution is -2.35. The predicted molar refractivity (Wildman–Crippen MR) is 189 cm³/mol. The van der Waals surface area contributed by atoms with Crippen LogP contribution in [-0.2, 0) is 32.6 Å². The van der Waals surface area contributed by atoms with Crippen molar-refractivity contribution >= 4 is 28.2 Å². The third-order valence-corrected chi connectivity index (χ3v) is 9.05. The summed E-state index contributed by atoms with van der Waals surface area (Å²) in [4.78, 5) is 20.7. The number of aryl methyl sites for hydroxylation is 1. The highest BCUT2D eigenvalue weighted by Gasteiger charge is 2.19. The number of carbonyl (C=O) groups excluding carboxylic acids is 1. The van der Waals surface area contributed by atoms with Crippen LogP contribution in [0.5, 0.6) is 0 Å². The van der Waals surface area contributed by atoms with Crippen molar-refractivity contribution in [3.63, 3.8) is 0 Å². The van der Waals surface area contributed by atoms with E-state index in [1.807, 2.05) is 24.4 Å². The Labute approximate surface area is 278 Å². The van der Waals surface area contributed by atoms with Gasteiger partial charge in [-0.1, -0.05) is 69.3 Å². The highest BCUT2D eigenvalue weighted by molar-refractivity contribution is 6.09. The Hall–Kier alpha value is -3.82. The van der Waals surface area contributed by atoms with E-state index in [1.165, 1.54) is 5.56 Å². The number of benzene rings is 3. The fourth-order valence-electron chi connectivity index (χ4n) is 6.30. The number of carbonyl (C=O) groups is 1. The van der Waals surface area contributed by atoms with Crippen molar-refractivity contribution in [3.8, 4) is 11.1 Å². The topological polar surface area (TPSA) is 85.0 Å². The first-order valence-corrected chi connectivity index (χ1v) is 17.1. The van der Waals surface area contributed by atoms with Gasteiger partial charge in [0.15, 0.2) is 6.29 Å². The van der Waals surface area contributed by atoms with Crippen LogP contribution in [-0.4, -0.2) is 61.7 Å². The Morgan fingerprint density at radius 3 is 2.49 bits per heavy atom. The van der Waals surface area contributed by atoms with Gasteiger partial charge in [0, 0.05) is 49.1 Å². The first-order valence-electron chi connectivity index (χ1n) is 17.1. The summed E-state index contributed by atoms with van der Waals surface area (Å²) in [6.07, 6.45) is 6.73. The van der Waals surface area contributed by atoms with Gasteiger partial charge in [-0.15, -0.1) is 0 Å². The number of ether oxygens (including phenoxy) is 3. The molecule has 2 aliphatic heterocycles. The maximum absolute atomic E-state index is 13.5. The molecule has 0 radical (unpaired) electrons. The van der Waals surface area contributed by atoms with Crippen LogP contribution < -0.4 is 10.6 Å². The zero-order valence-electron chi connectivity index (χ0n) is 28.0. The minimum absolute atomic E-state index is 0.0472. The van der Waals surface area contributed by atoms with Crippen LogP contribution in [0.3, 0.4) is 0 Å². The normalized spacial score (nSPS) is 17.5. The van der Waals surface area contributed by atoms with Crippen molar-refractivity contribution in [2.75, 3.05) is 50.2 Å². The molecule has 2 fully saturated rings. The summed E-state index contributed by atoms with van der Waals surface area (Å²) in [5, 5.41) is 8.35. The van der Waals surface area contributed by atoms with Crippen molar-refractivity contribution in [1.82, 2.24) is 9.88 Å². The van der Waals surface area contributed by atoms with Gasteiger partial charge in [0.1, 0.15) is 0 Å². The number of nitrogens with one attached hydrogen (secondary N) is 2. The van der Waals surface area contributed by atoms with Gasteiger partial charge < -0.3 is 24.8 Å². The van der Waals surface area contributed by atoms with E-state index in [-0.39, 0.29) is 17.7 Å². The molecule has 248 valence electrons. The van der Waals surface area contributed by atoms with Crippen molar-refractivity contribution < 1.29 is 19.0 Å². The fraction of sp³-hybridized carbons (Fsp3) is 0.436. The van der Waals surface area contributed by atoms with E-state index < -0.39 is 0 Å². The number of pyridine rings is 1. The molecule has 6 rings (SSSR count). The molecule has 0 aliphatic carbocycles. The van der Waals surface area contributed by atoms with Crippen LogP contribution in [0.25, 0.3) is 21.9 Å². The van der Waals surface area contributed by atoms with Crippen LogP contribution in [0.4, 0.5) is 16.2 Å². The maximum Gasteiger partial charge on any atom is 0.323 e. The van der Waals surface area contributed by atoms with Crippen molar-refractivity contribution in [2.24, 2.45) is 0 Å². The Balaban J connectivity index is 1.15. The van der Waals surface area contributed by atoms with Crippen molar-refractivity contribution in [2.45, 2.75) is 71.1 Å². The summed E-state index contributed by atoms with van der Waals surface area (Å²) in [7, 11) is 0. The molecule has 3 heterocycles. The lowest BCUT2D eigenvalue weighted by atomic mass is 9.86. The SMILES string of the molecule is CC(C)(C)c1ccc(CCCOC2CCCCO2)c(NC(=O)Nc2ccc(-c3ccc(CN4CCOCC4)nc3)c3ccccc23)c1. The Bertz CT molecular complexity index is 1640. The Morgan fingerprint density at radius 2 is 1.74 bits per heavy atom. The summed E-state index contributed by atoms with van der Waals surface area (Å²) < 4.78 is 17.2. The molecule has 0 bridgehead atoms. The minimum atomic E-state index is -0.267. The minimum Gasteiger partial charge on any atom is -0.379 e. The molecule has 0 spiro atoms. The zero-order chi connectivity index (χ0) is 32.6. The molecule has 0 saturated carbocycles. The van der Waals surface area contributed by atoms with Crippen LogP contribution in [0.2, 0.25) is 0 Å². The van der Waals surface area contributed by atoms with E-state index in [0.717, 1.165) is 116 Å². The van der Waals surface area contributed by atoms with Gasteiger partial charge in [-0.2, -0.15) is 0 Å². The highest BCUT2D eigenvalue weighted by atomic mass is 16.7. The third kappa shape index (κ3) is 8.76. The number of hydrogen-bond acceptors (Lipinski definition) is 6. The van der Waals surface area contributed by atoms with Crippen LogP contribution in [0.1, 0.15) is 63.3 Å². The molecule has 8 nitrogen and oxygen atoms in total. The van der Waals surface area contributed by atoms with Crippen molar-refractivity contribution in [3.05, 3.63) is 89.7 Å². The second kappa shape index (κ2) is 15.4. The summed E-state index contributed by atoms with van der Waals surface area (Å²) in [5.74, 6) is 0. The number of hydrogen-bond donors (Lipinski definition) is 2. The fourth-order valence-corrected chi connectivity index (χ4v) is 6.30. The van der Waals surface area contributed by atoms with E-state index >= 15 is 0 Å². The van der Waals surface area contributed by atoms with Gasteiger partial charge in [-0.3, -0.25) is 9.88 Å². The molecular weight excluding hydrogens is 588 g/mol. The molecule has 8 heteroatoms. The standard InChI is InChI=1S/C39H48N4O4/c1-39(2,3)30-15-13-28(9-8-22-47-37-12-6-7-21-46-37)36(25-30)42-38(44)41-35-18-17-32(33-10-4-5-11-34(33)35)29-14-16-31(40-26-29)27-43-19-23-45-24-20-43/h4-5,10-11,13-18,25-26,37H,6-9,12,19-24,27H2,1-3H3,(H2,41,42,44). The molecular formula is C39H48N4O4. The number of morpholine rings is 1. The lowest BCUT2D eigenvalue weighted by Gasteiger charge is -2.26. The number of fused-ring (bicyclic) bond motifs is 1. The van der Waals surface area contributed by atoms with E-state index in [1.54, 1.807) is 0 Å². The van der Waals surface area contributed by atoms with E-state index in [2.05, 4.69) is 84.8 Å². The summed E-state index contributed by atoms with van der Waals surface area (Å²) in [6, 6.07) is 22.6. The summed E-state index contributed by atoms with van der Waals surface area (Å²) >= 11 is 0. The smallest absolute Gasteiger partial charge is 0.323 e. The average Bonchev–Trinajstić information content (AvgIpc) is 3.08. The van der Waals surface area contributed by atoms with Crippen LogP contribution >= 0.6 is 0 Å². The average molecular weight is 637 g/mol. The molecule has 2 N–H and O–H groups in total. The monoisotopic (exact) mass is 636 g/mol. The molecule has 3 aromatic carbocycles. The second-order valence-electron chi connectivity index (χ2n) is 13.6. The number of amides is 2. The predicted octanol–water partition coefficient (Wildman–Crippen LogP) is 8.15. The second-order valence-corrected chi connectivity index (χ2v) is 13.6. The number of aromatic nitrogens is 1. The lowest BCUT2D eigenvalue weighted by molar-refractivity contribution is -0.162. The number of nitrogens with zero attached hydrogens (tertiary/aromatic N) is 2. The molecule has 1 atom stereocenters. The van der Waals surface area contributed by atoms with E-state index in [4.69, 9.17) is 19.2 Å². The Kier molecular flexibility index (Phi) is 10.8. The van der Waals surface area contributed by atoms with Gasteiger partial charge in [0.2, 0.25) is 0 Å². The number of urea groups is 1. The van der Waals surface area contributed by atoms with Gasteiger partial charge in [-0.05, 0) is 77.8 Å². The zero-order valence-corrected chi connectivity index (χ0v) is 28.0. The first-order chi connectivity index (χ1) is 22.8. The maximum atomic E-state index is 13.5. The van der Waals surface area contributed by atoms with E-state index in [9.17, 15) is 4.79 Å². The third-order valence-electron chi connectivity index (χ3n) is 9.05. The largest absolute Gasteiger partial charge is 0.379 e. The summed E-state index contributed by atoms with van der Waals surface area (Å²) in [5.41, 5.74) is 6.98. The van der Waals surface area contributed by atoms with Gasteiger partial charge >= 0.3 is 6.03 Å². The Morgan fingerprint density at radius 1 is 0.936 bits per heavy atom. The van der Waals surface area contributed by atoms with Gasteiger partial charge in [0.05, 0.1) is 31.2 Å². The quantitative estimate of drug-likeness (QED) is 0.171. The number of rotatable bonds is 10. The van der Waals surface area contributed by atoms with Crippen molar-refractivity contribution in [1.29, 1.82) is 0 Å². The molecule has 2 aliphatic rings. The van der Waals surface area contributed by atoms with Crippen LogP contribution in [0.15, 0.2) is 72.9 Å². The molecule has 47 heavy (non-hydrogen) atoms. The molecule has 1 unspecified atom stereocenters. The van der Waals surface area contributed by atoms with Gasteiger partial charge in [-0.25, -0.2) is 4.79 Å². The summed E-state index contributed by atoms with van der Waals surface area (Å²) in [6.45, 7) is 12.2. The molecule has 2 amide bonds. The first kappa shape index (κ1) is 33.1. The molecule has 4 aromatic rings. The highest BCUT2D eigenvalue weighted by Crippen LogP contribution is 2.34.